The van der Waals surface area contributed by atoms with Gasteiger partial charge in [0.15, 0.2) is 0 Å². The van der Waals surface area contributed by atoms with Gasteiger partial charge in [-0.1, -0.05) is 30.4 Å². The number of hydrogen-bond donors (Lipinski definition) is 0. The summed E-state index contributed by atoms with van der Waals surface area (Å²) in [5.41, 5.74) is 5.55. The van der Waals surface area contributed by atoms with Crippen LogP contribution in [0.25, 0.3) is 29.2 Å². The number of aryl methyl sites for hydroxylation is 2. The Bertz CT molecular complexity index is 1490. The monoisotopic (exact) mass is 496 g/mol. The first-order valence-corrected chi connectivity index (χ1v) is 13.3. The lowest BCUT2D eigenvalue weighted by atomic mass is 10.1. The van der Waals surface area contributed by atoms with Crippen molar-refractivity contribution in [2.24, 2.45) is 4.99 Å². The molecule has 1 unspecified atom stereocenters. The highest BCUT2D eigenvalue weighted by Gasteiger charge is 2.16. The third kappa shape index (κ3) is 5.64. The summed E-state index contributed by atoms with van der Waals surface area (Å²) >= 11 is 0. The highest BCUT2D eigenvalue weighted by atomic mass is 31.0. The molecule has 2 aliphatic carbocycles. The second kappa shape index (κ2) is 11.3. The molecule has 6 rings (SSSR count). The van der Waals surface area contributed by atoms with Crippen LogP contribution in [0.1, 0.15) is 36.9 Å². The van der Waals surface area contributed by atoms with Gasteiger partial charge in [-0.3, -0.25) is 9.98 Å². The molecule has 0 spiro atoms. The van der Waals surface area contributed by atoms with Gasteiger partial charge in [0.05, 0.1) is 33.5 Å². The Hall–Kier alpha value is -3.14. The van der Waals surface area contributed by atoms with Gasteiger partial charge >= 0.3 is 0 Å². The summed E-state index contributed by atoms with van der Waals surface area (Å²) in [5, 5.41) is 4.51. The maximum atomic E-state index is 5.50. The Morgan fingerprint density at radius 3 is 2.44 bits per heavy atom. The Morgan fingerprint density at radius 2 is 1.75 bits per heavy atom. The minimum absolute atomic E-state index is 0.343. The fraction of sp³-hybridized carbons (Fsp3) is 0.300. The fourth-order valence-corrected chi connectivity index (χ4v) is 4.85. The van der Waals surface area contributed by atoms with E-state index in [9.17, 15) is 0 Å². The van der Waals surface area contributed by atoms with Crippen molar-refractivity contribution < 1.29 is 4.74 Å². The quantitative estimate of drug-likeness (QED) is 0.399. The summed E-state index contributed by atoms with van der Waals surface area (Å²) in [5.74, 6) is 0. The van der Waals surface area contributed by atoms with Crippen molar-refractivity contribution in [2.75, 3.05) is 13.2 Å². The summed E-state index contributed by atoms with van der Waals surface area (Å²) in [4.78, 5) is 14.1. The average Bonchev–Trinajstić information content (AvgIpc) is 2.90. The molecule has 1 aromatic heterocycles. The predicted molar refractivity (Wildman–Crippen MR) is 150 cm³/mol. The van der Waals surface area contributed by atoms with E-state index in [0.717, 1.165) is 72.4 Å². The number of ether oxygens (including phenoxy) is 1. The highest BCUT2D eigenvalue weighted by molar-refractivity contribution is 7.27. The molecule has 0 saturated carbocycles. The molecular formula is C30H33N4OP. The minimum atomic E-state index is 0.343. The first-order valence-electron chi connectivity index (χ1n) is 12.7. The van der Waals surface area contributed by atoms with Crippen LogP contribution >= 0.6 is 9.24 Å². The second-order valence-corrected chi connectivity index (χ2v) is 10.0. The maximum absolute atomic E-state index is 5.50. The van der Waals surface area contributed by atoms with E-state index >= 15 is 0 Å². The summed E-state index contributed by atoms with van der Waals surface area (Å²) < 4.78 is 7.85. The van der Waals surface area contributed by atoms with Gasteiger partial charge in [0.2, 0.25) is 0 Å². The lowest BCUT2D eigenvalue weighted by molar-refractivity contribution is 0.0863. The molecular weight excluding hydrogens is 463 g/mol. The molecule has 2 aliphatic heterocycles. The van der Waals surface area contributed by atoms with Crippen LogP contribution in [0.15, 0.2) is 65.8 Å². The van der Waals surface area contributed by atoms with Gasteiger partial charge in [-0.2, -0.15) is 0 Å². The molecule has 3 heterocycles. The molecule has 2 aromatic rings. The third-order valence-corrected chi connectivity index (χ3v) is 6.98. The van der Waals surface area contributed by atoms with E-state index in [1.165, 1.54) is 16.2 Å². The first-order chi connectivity index (χ1) is 17.6. The van der Waals surface area contributed by atoms with E-state index in [0.29, 0.717) is 6.04 Å². The highest BCUT2D eigenvalue weighted by Crippen LogP contribution is 2.20. The van der Waals surface area contributed by atoms with Crippen LogP contribution in [-0.4, -0.2) is 33.8 Å². The van der Waals surface area contributed by atoms with E-state index in [4.69, 9.17) is 14.7 Å². The van der Waals surface area contributed by atoms with E-state index in [-0.39, 0.29) is 0 Å². The standard InChI is InChI=1S/C24H26N3OP.C6H7N/c1-16-14-22-24(15-21(16)25-17-10-12-28-13-11-17)27(18-6-8-19(29)9-7-18)23-5-3-2-4-20(23)26-22;1-6-4-2-3-5-7-6/h4-9,14-15,17H,2-3,10-13,29H2,1H3;2-5H,1H3. The van der Waals surface area contributed by atoms with Crippen LogP contribution in [0, 0.1) is 13.8 Å². The number of nitrogens with zero attached hydrogens (tertiary/aromatic N) is 4. The number of pyridine rings is 1. The van der Waals surface area contributed by atoms with Crippen LogP contribution in [0.5, 0.6) is 0 Å². The van der Waals surface area contributed by atoms with Crippen molar-refractivity contribution >= 4 is 26.7 Å². The van der Waals surface area contributed by atoms with Gasteiger partial charge in [-0.05, 0) is 86.8 Å². The van der Waals surface area contributed by atoms with Crippen molar-refractivity contribution in [1.82, 2.24) is 14.5 Å². The Kier molecular flexibility index (Phi) is 7.69. The second-order valence-electron chi connectivity index (χ2n) is 9.37. The fourth-order valence-electron chi connectivity index (χ4n) is 4.66. The largest absolute Gasteiger partial charge is 0.381 e. The molecule has 1 saturated heterocycles. The normalized spacial score (nSPS) is 15.9. The summed E-state index contributed by atoms with van der Waals surface area (Å²) in [6.45, 7) is 5.73. The van der Waals surface area contributed by atoms with Crippen LogP contribution in [0.3, 0.4) is 0 Å². The molecule has 0 radical (unpaired) electrons. The molecule has 1 fully saturated rings. The number of fused-ring (bicyclic) bond motifs is 2. The van der Waals surface area contributed by atoms with Gasteiger partial charge in [0.1, 0.15) is 0 Å². The Labute approximate surface area is 214 Å². The van der Waals surface area contributed by atoms with E-state index in [1.54, 1.807) is 6.20 Å². The van der Waals surface area contributed by atoms with Crippen LogP contribution in [0.4, 0.5) is 0 Å². The van der Waals surface area contributed by atoms with Crippen molar-refractivity contribution in [1.29, 1.82) is 0 Å². The van der Waals surface area contributed by atoms with Crippen molar-refractivity contribution in [3.63, 3.8) is 0 Å². The molecule has 6 heteroatoms. The molecule has 1 atom stereocenters. The number of aromatic nitrogens is 3. The number of rotatable bonds is 2. The van der Waals surface area contributed by atoms with Crippen molar-refractivity contribution in [3.8, 4) is 17.1 Å². The smallest absolute Gasteiger partial charge is 0.0882 e. The Morgan fingerprint density at radius 1 is 0.972 bits per heavy atom. The van der Waals surface area contributed by atoms with E-state index in [1.807, 2.05) is 25.1 Å². The van der Waals surface area contributed by atoms with Gasteiger partial charge in [-0.25, -0.2) is 4.98 Å². The van der Waals surface area contributed by atoms with Crippen LogP contribution < -0.4 is 21.4 Å². The first kappa shape index (κ1) is 24.5. The molecule has 36 heavy (non-hydrogen) atoms. The zero-order chi connectivity index (χ0) is 24.9. The predicted octanol–water partition coefficient (Wildman–Crippen LogP) is 3.61. The minimum Gasteiger partial charge on any atom is -0.381 e. The molecule has 1 aromatic carbocycles. The summed E-state index contributed by atoms with van der Waals surface area (Å²) in [6.07, 6.45) is 10.4. The molecule has 0 bridgehead atoms. The lowest BCUT2D eigenvalue weighted by Crippen LogP contribution is -2.40. The van der Waals surface area contributed by atoms with Crippen LogP contribution in [-0.2, 0) is 4.74 Å². The molecule has 0 N–H and O–H groups in total. The lowest BCUT2D eigenvalue weighted by Gasteiger charge is -2.21. The van der Waals surface area contributed by atoms with Gasteiger partial charge < -0.3 is 9.30 Å². The van der Waals surface area contributed by atoms with Crippen molar-refractivity contribution in [3.05, 3.63) is 88.1 Å². The Balaban J connectivity index is 0.000000330. The zero-order valence-electron chi connectivity index (χ0n) is 21.0. The summed E-state index contributed by atoms with van der Waals surface area (Å²) in [7, 11) is 2.76. The molecule has 4 aliphatic rings. The number of hydrogen-bond acceptors (Lipinski definition) is 4. The third-order valence-electron chi connectivity index (χ3n) is 6.60. The van der Waals surface area contributed by atoms with Gasteiger partial charge in [-0.15, -0.1) is 9.24 Å². The van der Waals surface area contributed by atoms with Crippen LogP contribution in [0.2, 0.25) is 0 Å². The summed E-state index contributed by atoms with van der Waals surface area (Å²) in [6, 6.07) is 19.3. The number of benzene rings is 2. The molecule has 5 nitrogen and oxygen atoms in total. The topological polar surface area (TPSA) is 52.3 Å². The van der Waals surface area contributed by atoms with Gasteiger partial charge in [0, 0.05) is 30.8 Å². The van der Waals surface area contributed by atoms with E-state index < -0.39 is 0 Å². The zero-order valence-corrected chi connectivity index (χ0v) is 22.2. The molecule has 0 amide bonds. The van der Waals surface area contributed by atoms with Crippen molar-refractivity contribution in [2.45, 2.75) is 45.6 Å². The van der Waals surface area contributed by atoms with Gasteiger partial charge in [0.25, 0.3) is 0 Å². The average molecular weight is 497 g/mol. The molecule has 184 valence electrons. The van der Waals surface area contributed by atoms with E-state index in [2.05, 4.69) is 74.3 Å². The SMILES string of the molecule is Cc1cc2nc3c(n(-c4ccc(P)cc4)c-2cc1=NC1CCOCC1)=CCCC=3.Cc1ccccn1. The maximum Gasteiger partial charge on any atom is 0.0882 e.